The summed E-state index contributed by atoms with van der Waals surface area (Å²) in [5.41, 5.74) is 3.49. The highest BCUT2D eigenvalue weighted by atomic mass is 32.2. The molecule has 3 aromatic rings. The van der Waals surface area contributed by atoms with Crippen molar-refractivity contribution in [2.24, 2.45) is 0 Å². The number of likely N-dealkylation sites (N-methyl/N-ethyl adjacent to an activating group) is 1. The molecule has 0 unspecified atom stereocenters. The largest absolute Gasteiger partial charge is 0.357 e. The van der Waals surface area contributed by atoms with E-state index < -0.39 is 34.3 Å². The van der Waals surface area contributed by atoms with Gasteiger partial charge in [-0.1, -0.05) is 48.9 Å². The number of nitrogens with zero attached hydrogens (tertiary/aromatic N) is 2. The van der Waals surface area contributed by atoms with Crippen molar-refractivity contribution in [1.82, 2.24) is 10.2 Å². The zero-order valence-electron chi connectivity index (χ0n) is 22.4. The summed E-state index contributed by atoms with van der Waals surface area (Å²) >= 11 is 0. The van der Waals surface area contributed by atoms with Crippen molar-refractivity contribution in [1.29, 1.82) is 0 Å². The summed E-state index contributed by atoms with van der Waals surface area (Å²) in [5, 5.41) is 2.58. The second kappa shape index (κ2) is 12.2. The van der Waals surface area contributed by atoms with Gasteiger partial charge in [0, 0.05) is 13.6 Å². The first-order valence-electron chi connectivity index (χ1n) is 12.4. The molecule has 7 nitrogen and oxygen atoms in total. The van der Waals surface area contributed by atoms with Gasteiger partial charge in [-0.15, -0.1) is 0 Å². The van der Waals surface area contributed by atoms with Gasteiger partial charge < -0.3 is 10.2 Å². The minimum Gasteiger partial charge on any atom is -0.357 e. The van der Waals surface area contributed by atoms with Gasteiger partial charge in [-0.3, -0.25) is 13.9 Å². The molecule has 0 radical (unpaired) electrons. The molecule has 0 spiro atoms. The Morgan fingerprint density at radius 3 is 2.16 bits per heavy atom. The average Bonchev–Trinajstić information content (AvgIpc) is 2.90. The van der Waals surface area contributed by atoms with Crippen LogP contribution in [0.25, 0.3) is 0 Å². The van der Waals surface area contributed by atoms with Crippen LogP contribution in [0.3, 0.4) is 0 Å². The Balaban J connectivity index is 2.10. The summed E-state index contributed by atoms with van der Waals surface area (Å²) in [7, 11) is -2.66. The SMILES string of the molecule is CC[C@H](C(=O)NC)N(Cc1ccc(F)cc1)C(=O)CN(c1cccc(C)c1C)S(=O)(=O)c1ccc(C)cc1. The predicted molar refractivity (Wildman–Crippen MR) is 147 cm³/mol. The van der Waals surface area contributed by atoms with Crippen LogP contribution >= 0.6 is 0 Å². The maximum Gasteiger partial charge on any atom is 0.264 e. The number of nitrogens with one attached hydrogen (secondary N) is 1. The number of hydrogen-bond donors (Lipinski definition) is 1. The summed E-state index contributed by atoms with van der Waals surface area (Å²) < 4.78 is 42.5. The van der Waals surface area contributed by atoms with E-state index in [1.165, 1.54) is 48.3 Å². The van der Waals surface area contributed by atoms with Crippen molar-refractivity contribution in [2.75, 3.05) is 17.9 Å². The molecule has 202 valence electrons. The first kappa shape index (κ1) is 28.8. The van der Waals surface area contributed by atoms with Crippen LogP contribution in [0.1, 0.15) is 35.6 Å². The van der Waals surface area contributed by atoms with Crippen LogP contribution in [-0.2, 0) is 26.2 Å². The third-order valence-corrected chi connectivity index (χ3v) is 8.41. The van der Waals surface area contributed by atoms with Crippen molar-refractivity contribution >= 4 is 27.5 Å². The van der Waals surface area contributed by atoms with Crippen LogP contribution in [0.2, 0.25) is 0 Å². The number of aryl methyl sites for hydroxylation is 2. The number of hydrogen-bond acceptors (Lipinski definition) is 4. The molecule has 0 saturated carbocycles. The molecule has 2 amide bonds. The van der Waals surface area contributed by atoms with Crippen LogP contribution in [0.15, 0.2) is 71.6 Å². The second-order valence-electron chi connectivity index (χ2n) is 9.23. The van der Waals surface area contributed by atoms with E-state index in [0.717, 1.165) is 21.0 Å². The molecule has 0 aliphatic heterocycles. The summed E-state index contributed by atoms with van der Waals surface area (Å²) in [4.78, 5) is 28.1. The molecule has 0 aromatic heterocycles. The zero-order chi connectivity index (χ0) is 28.0. The molecule has 0 saturated heterocycles. The summed E-state index contributed by atoms with van der Waals surface area (Å²) in [6, 6.07) is 16.5. The van der Waals surface area contributed by atoms with Crippen molar-refractivity contribution in [3.63, 3.8) is 0 Å². The summed E-state index contributed by atoms with van der Waals surface area (Å²) in [5.74, 6) is -1.35. The number of amides is 2. The minimum absolute atomic E-state index is 0.0102. The van der Waals surface area contributed by atoms with E-state index in [0.29, 0.717) is 17.7 Å². The monoisotopic (exact) mass is 539 g/mol. The van der Waals surface area contributed by atoms with E-state index in [-0.39, 0.29) is 17.3 Å². The number of carbonyl (C=O) groups is 2. The molecular formula is C29H34FN3O4S. The highest BCUT2D eigenvalue weighted by Crippen LogP contribution is 2.29. The number of halogens is 1. The van der Waals surface area contributed by atoms with Gasteiger partial charge in [0.25, 0.3) is 10.0 Å². The number of benzene rings is 3. The summed E-state index contributed by atoms with van der Waals surface area (Å²) in [6.45, 7) is 6.81. The van der Waals surface area contributed by atoms with Crippen molar-refractivity contribution in [2.45, 2.75) is 51.6 Å². The Kier molecular flexibility index (Phi) is 9.27. The molecule has 1 atom stereocenters. The lowest BCUT2D eigenvalue weighted by molar-refractivity contribution is -0.140. The van der Waals surface area contributed by atoms with Gasteiger partial charge in [0.2, 0.25) is 11.8 Å². The number of sulfonamides is 1. The Bertz CT molecular complexity index is 1390. The van der Waals surface area contributed by atoms with Gasteiger partial charge in [0.1, 0.15) is 18.4 Å². The number of carbonyl (C=O) groups excluding carboxylic acids is 2. The first-order chi connectivity index (χ1) is 18.0. The molecule has 0 heterocycles. The molecule has 9 heteroatoms. The van der Waals surface area contributed by atoms with Crippen molar-refractivity contribution in [3.05, 3.63) is 94.8 Å². The first-order valence-corrected chi connectivity index (χ1v) is 13.8. The van der Waals surface area contributed by atoms with Crippen LogP contribution in [0.5, 0.6) is 0 Å². The topological polar surface area (TPSA) is 86.8 Å². The lowest BCUT2D eigenvalue weighted by Gasteiger charge is -2.33. The third-order valence-electron chi connectivity index (χ3n) is 6.63. The van der Waals surface area contributed by atoms with Crippen LogP contribution in [0, 0.1) is 26.6 Å². The lowest BCUT2D eigenvalue weighted by Crippen LogP contribution is -2.51. The standard InChI is InChI=1S/C29H34FN3O4S/c1-6-26(29(35)31-5)32(18-23-12-14-24(30)15-13-23)28(34)19-33(27-9-7-8-21(3)22(27)4)38(36,37)25-16-10-20(2)11-17-25/h7-17,26H,6,18-19H2,1-5H3,(H,31,35)/t26-/m1/s1. The van der Waals surface area contributed by atoms with Crippen molar-refractivity contribution < 1.29 is 22.4 Å². The molecule has 0 aliphatic rings. The van der Waals surface area contributed by atoms with Gasteiger partial charge in [0.15, 0.2) is 0 Å². The molecule has 3 rings (SSSR count). The maximum atomic E-state index is 13.9. The fraction of sp³-hybridized carbons (Fsp3) is 0.310. The minimum atomic E-state index is -4.14. The van der Waals surface area contributed by atoms with Gasteiger partial charge >= 0.3 is 0 Å². The highest BCUT2D eigenvalue weighted by molar-refractivity contribution is 7.92. The predicted octanol–water partition coefficient (Wildman–Crippen LogP) is 4.50. The van der Waals surface area contributed by atoms with E-state index in [1.807, 2.05) is 26.8 Å². The molecule has 0 aliphatic carbocycles. The number of rotatable bonds is 10. The van der Waals surface area contributed by atoms with Gasteiger partial charge in [0.05, 0.1) is 10.6 Å². The number of anilines is 1. The molecule has 3 aromatic carbocycles. The maximum absolute atomic E-state index is 13.9. The van der Waals surface area contributed by atoms with E-state index in [4.69, 9.17) is 0 Å². The van der Waals surface area contributed by atoms with Crippen LogP contribution in [-0.4, -0.2) is 44.8 Å². The quantitative estimate of drug-likeness (QED) is 0.411. The van der Waals surface area contributed by atoms with Crippen LogP contribution < -0.4 is 9.62 Å². The smallest absolute Gasteiger partial charge is 0.264 e. The zero-order valence-corrected chi connectivity index (χ0v) is 23.2. The Labute approximate surface area is 224 Å². The highest BCUT2D eigenvalue weighted by Gasteiger charge is 2.34. The van der Waals surface area contributed by atoms with Crippen LogP contribution in [0.4, 0.5) is 10.1 Å². The molecule has 0 fully saturated rings. The van der Waals surface area contributed by atoms with E-state index in [2.05, 4.69) is 5.32 Å². The van der Waals surface area contributed by atoms with E-state index in [1.54, 1.807) is 31.2 Å². The second-order valence-corrected chi connectivity index (χ2v) is 11.1. The lowest BCUT2D eigenvalue weighted by atomic mass is 10.1. The molecule has 0 bridgehead atoms. The van der Waals surface area contributed by atoms with E-state index >= 15 is 0 Å². The Hall–Kier alpha value is -3.72. The fourth-order valence-electron chi connectivity index (χ4n) is 4.23. The Morgan fingerprint density at radius 1 is 0.947 bits per heavy atom. The molecule has 38 heavy (non-hydrogen) atoms. The van der Waals surface area contributed by atoms with E-state index in [9.17, 15) is 22.4 Å². The Morgan fingerprint density at radius 2 is 1.58 bits per heavy atom. The average molecular weight is 540 g/mol. The molecular weight excluding hydrogens is 505 g/mol. The molecule has 1 N–H and O–H groups in total. The van der Waals surface area contributed by atoms with Gasteiger partial charge in [-0.2, -0.15) is 0 Å². The normalized spacial score (nSPS) is 12.1. The van der Waals surface area contributed by atoms with Gasteiger partial charge in [-0.25, -0.2) is 12.8 Å². The fourth-order valence-corrected chi connectivity index (χ4v) is 5.70. The third kappa shape index (κ3) is 6.39. The van der Waals surface area contributed by atoms with Gasteiger partial charge in [-0.05, 0) is 74.2 Å². The summed E-state index contributed by atoms with van der Waals surface area (Å²) in [6.07, 6.45) is 0.306. The van der Waals surface area contributed by atoms with Crippen molar-refractivity contribution in [3.8, 4) is 0 Å².